The Hall–Kier alpha value is -2.21. The van der Waals surface area contributed by atoms with Gasteiger partial charge in [-0.05, 0) is 42.5 Å². The molecule has 1 fully saturated rings. The molecule has 1 aliphatic heterocycles. The van der Waals surface area contributed by atoms with E-state index in [9.17, 15) is 14.3 Å². The minimum Gasteiger partial charge on any atom is -0.396 e. The molecule has 2 heterocycles. The fourth-order valence-electron chi connectivity index (χ4n) is 3.52. The lowest BCUT2D eigenvalue weighted by molar-refractivity contribution is -0.130. The molecule has 25 heavy (non-hydrogen) atoms. The third-order valence-electron chi connectivity index (χ3n) is 5.00. The van der Waals surface area contributed by atoms with Crippen LogP contribution in [0.2, 0.25) is 0 Å². The number of hydrogen-bond donors (Lipinski definition) is 1. The molecule has 0 bridgehead atoms. The number of carbonyl (C=O) groups is 1. The molecule has 1 N–H and O–H groups in total. The van der Waals surface area contributed by atoms with E-state index in [2.05, 4.69) is 5.10 Å². The number of hydrogen-bond acceptors (Lipinski definition) is 3. The highest BCUT2D eigenvalue weighted by molar-refractivity contribution is 5.76. The molecule has 0 spiro atoms. The van der Waals surface area contributed by atoms with Crippen LogP contribution in [0.3, 0.4) is 0 Å². The maximum absolute atomic E-state index is 13.1. The van der Waals surface area contributed by atoms with E-state index in [1.165, 1.54) is 12.1 Å². The van der Waals surface area contributed by atoms with Gasteiger partial charge in [0, 0.05) is 38.2 Å². The van der Waals surface area contributed by atoms with Crippen LogP contribution in [-0.2, 0) is 24.7 Å². The summed E-state index contributed by atoms with van der Waals surface area (Å²) in [5, 5.41) is 14.0. The Labute approximate surface area is 147 Å². The van der Waals surface area contributed by atoms with E-state index >= 15 is 0 Å². The van der Waals surface area contributed by atoms with Crippen molar-refractivity contribution in [3.05, 3.63) is 53.6 Å². The second kappa shape index (κ2) is 7.35. The van der Waals surface area contributed by atoms with Gasteiger partial charge in [-0.1, -0.05) is 12.1 Å². The van der Waals surface area contributed by atoms with Crippen LogP contribution in [0.1, 0.15) is 24.0 Å². The zero-order valence-corrected chi connectivity index (χ0v) is 14.5. The molecule has 1 saturated heterocycles. The number of likely N-dealkylation sites (tertiary alicyclic amines) is 1. The van der Waals surface area contributed by atoms with Crippen LogP contribution in [0.25, 0.3) is 0 Å². The summed E-state index contributed by atoms with van der Waals surface area (Å²) in [7, 11) is 1.86. The van der Waals surface area contributed by atoms with Crippen LogP contribution < -0.4 is 0 Å². The average molecular weight is 345 g/mol. The predicted molar refractivity (Wildman–Crippen MR) is 92.3 cm³/mol. The quantitative estimate of drug-likeness (QED) is 0.870. The van der Waals surface area contributed by atoms with Gasteiger partial charge >= 0.3 is 0 Å². The molecule has 1 aromatic carbocycles. The highest BCUT2D eigenvalue weighted by atomic mass is 19.1. The fraction of sp³-hybridized carbons (Fsp3) is 0.474. The van der Waals surface area contributed by atoms with Crippen LogP contribution in [0.15, 0.2) is 36.7 Å². The van der Waals surface area contributed by atoms with E-state index in [4.69, 9.17) is 0 Å². The topological polar surface area (TPSA) is 58.4 Å². The number of aliphatic hydroxyl groups excluding tert-OH is 1. The summed E-state index contributed by atoms with van der Waals surface area (Å²) in [5.41, 5.74) is 1.71. The van der Waals surface area contributed by atoms with E-state index in [1.807, 2.05) is 18.1 Å². The van der Waals surface area contributed by atoms with Crippen molar-refractivity contribution >= 4 is 5.91 Å². The first-order chi connectivity index (χ1) is 12.0. The van der Waals surface area contributed by atoms with E-state index in [1.54, 1.807) is 23.0 Å². The number of nitrogens with zero attached hydrogens (tertiary/aromatic N) is 3. The Balaban J connectivity index is 1.58. The molecule has 1 atom stereocenters. The molecule has 2 aromatic rings. The molecule has 1 aliphatic rings. The minimum absolute atomic E-state index is 0.0246. The summed E-state index contributed by atoms with van der Waals surface area (Å²) < 4.78 is 14.8. The normalized spacial score (nSPS) is 20.2. The summed E-state index contributed by atoms with van der Waals surface area (Å²) in [4.78, 5) is 14.3. The molecule has 1 amide bonds. The Morgan fingerprint density at radius 2 is 2.08 bits per heavy atom. The number of aryl methyl sites for hydroxylation is 2. The summed E-state index contributed by atoms with van der Waals surface area (Å²) >= 11 is 0. The van der Waals surface area contributed by atoms with E-state index in [-0.39, 0.29) is 23.7 Å². The van der Waals surface area contributed by atoms with Crippen molar-refractivity contribution < 1.29 is 14.3 Å². The average Bonchev–Trinajstić information content (AvgIpc) is 3.22. The van der Waals surface area contributed by atoms with Gasteiger partial charge in [0.05, 0.1) is 12.8 Å². The summed E-state index contributed by atoms with van der Waals surface area (Å²) in [6.45, 7) is 1.23. The summed E-state index contributed by atoms with van der Waals surface area (Å²) in [6, 6.07) is 6.37. The van der Waals surface area contributed by atoms with Crippen molar-refractivity contribution in [1.82, 2.24) is 14.7 Å². The number of aromatic nitrogens is 2. The Kier molecular flexibility index (Phi) is 5.18. The first-order valence-electron chi connectivity index (χ1n) is 8.60. The lowest BCUT2D eigenvalue weighted by Gasteiger charge is -2.27. The Bertz CT molecular complexity index is 729. The van der Waals surface area contributed by atoms with Gasteiger partial charge in [-0.2, -0.15) is 5.10 Å². The van der Waals surface area contributed by atoms with Gasteiger partial charge in [-0.3, -0.25) is 9.48 Å². The largest absolute Gasteiger partial charge is 0.396 e. The van der Waals surface area contributed by atoms with Crippen LogP contribution in [-0.4, -0.2) is 45.4 Å². The molecule has 134 valence electrons. The van der Waals surface area contributed by atoms with Crippen molar-refractivity contribution in [1.29, 1.82) is 0 Å². The maximum atomic E-state index is 13.1. The molecule has 0 aliphatic carbocycles. The molecule has 0 saturated carbocycles. The number of halogens is 1. The Morgan fingerprint density at radius 1 is 1.32 bits per heavy atom. The van der Waals surface area contributed by atoms with Gasteiger partial charge in [0.15, 0.2) is 0 Å². The zero-order valence-electron chi connectivity index (χ0n) is 14.5. The van der Waals surface area contributed by atoms with Gasteiger partial charge in [0.25, 0.3) is 0 Å². The van der Waals surface area contributed by atoms with Crippen molar-refractivity contribution in [2.75, 3.05) is 19.7 Å². The SMILES string of the molecule is Cn1cc(CCC(=O)N2CCC(CO)(Cc3ccc(F)cc3)C2)cn1. The van der Waals surface area contributed by atoms with Crippen molar-refractivity contribution in [2.45, 2.75) is 25.7 Å². The predicted octanol–water partition coefficient (Wildman–Crippen LogP) is 1.95. The molecule has 5 nitrogen and oxygen atoms in total. The summed E-state index contributed by atoms with van der Waals surface area (Å²) in [5.74, 6) is -0.154. The Morgan fingerprint density at radius 3 is 2.72 bits per heavy atom. The van der Waals surface area contributed by atoms with Crippen LogP contribution in [0.5, 0.6) is 0 Å². The van der Waals surface area contributed by atoms with Gasteiger partial charge in [-0.15, -0.1) is 0 Å². The van der Waals surface area contributed by atoms with Crippen molar-refractivity contribution in [3.8, 4) is 0 Å². The maximum Gasteiger partial charge on any atom is 0.222 e. The first-order valence-corrected chi connectivity index (χ1v) is 8.60. The molecule has 3 rings (SSSR count). The molecule has 1 unspecified atom stereocenters. The molecule has 6 heteroatoms. The lowest BCUT2D eigenvalue weighted by Crippen LogP contribution is -2.35. The number of carbonyl (C=O) groups excluding carboxylic acids is 1. The minimum atomic E-state index is -0.332. The highest BCUT2D eigenvalue weighted by Gasteiger charge is 2.39. The third kappa shape index (κ3) is 4.25. The second-order valence-electron chi connectivity index (χ2n) is 7.05. The molecule has 1 aromatic heterocycles. The molecule has 0 radical (unpaired) electrons. The van der Waals surface area contributed by atoms with Crippen molar-refractivity contribution in [2.24, 2.45) is 12.5 Å². The van der Waals surface area contributed by atoms with Gasteiger partial charge in [0.1, 0.15) is 5.82 Å². The second-order valence-corrected chi connectivity index (χ2v) is 7.05. The van der Waals surface area contributed by atoms with E-state index < -0.39 is 0 Å². The van der Waals surface area contributed by atoms with Gasteiger partial charge < -0.3 is 10.0 Å². The molecular formula is C19H24FN3O2. The smallest absolute Gasteiger partial charge is 0.222 e. The lowest BCUT2D eigenvalue weighted by atomic mass is 9.81. The standard InChI is InChI=1S/C19H24FN3O2/c1-22-12-16(11-21-22)4-7-18(25)23-9-8-19(13-23,14-24)10-15-2-5-17(20)6-3-15/h2-3,5-6,11-12,24H,4,7-10,13-14H2,1H3. The fourth-order valence-corrected chi connectivity index (χ4v) is 3.52. The van der Waals surface area contributed by atoms with Gasteiger partial charge in [-0.25, -0.2) is 4.39 Å². The summed E-state index contributed by atoms with van der Waals surface area (Å²) in [6.07, 6.45) is 6.24. The van der Waals surface area contributed by atoms with Gasteiger partial charge in [0.2, 0.25) is 5.91 Å². The third-order valence-corrected chi connectivity index (χ3v) is 5.00. The number of aliphatic hydroxyl groups is 1. The van der Waals surface area contributed by atoms with E-state index in [0.29, 0.717) is 32.4 Å². The van der Waals surface area contributed by atoms with Crippen LogP contribution in [0, 0.1) is 11.2 Å². The first kappa shape index (κ1) is 17.6. The van der Waals surface area contributed by atoms with E-state index in [0.717, 1.165) is 17.5 Å². The number of benzene rings is 1. The number of rotatable bonds is 6. The van der Waals surface area contributed by atoms with Crippen LogP contribution >= 0.6 is 0 Å². The highest BCUT2D eigenvalue weighted by Crippen LogP contribution is 2.34. The number of amides is 1. The zero-order chi connectivity index (χ0) is 17.9. The monoisotopic (exact) mass is 345 g/mol. The molecular weight excluding hydrogens is 321 g/mol. The van der Waals surface area contributed by atoms with Crippen LogP contribution in [0.4, 0.5) is 4.39 Å². The van der Waals surface area contributed by atoms with Crippen molar-refractivity contribution in [3.63, 3.8) is 0 Å².